The number of anilines is 1. The van der Waals surface area contributed by atoms with Gasteiger partial charge in [0.25, 0.3) is 11.8 Å². The van der Waals surface area contributed by atoms with E-state index in [0.29, 0.717) is 0 Å². The van der Waals surface area contributed by atoms with Crippen LogP contribution in [0.5, 0.6) is 0 Å². The predicted molar refractivity (Wildman–Crippen MR) is 120 cm³/mol. The number of benzene rings is 2. The smallest absolute Gasteiger partial charge is 0.252 e. The second kappa shape index (κ2) is 9.29. The molecule has 34 heavy (non-hydrogen) atoms. The van der Waals surface area contributed by atoms with E-state index in [4.69, 9.17) is 11.6 Å². The zero-order valence-corrected chi connectivity index (χ0v) is 19.1. The Morgan fingerprint density at radius 1 is 1.18 bits per heavy atom. The molecule has 0 unspecified atom stereocenters. The first-order chi connectivity index (χ1) is 16.1. The molecule has 0 radical (unpaired) electrons. The Kier molecular flexibility index (Phi) is 6.58. The molecular weight excluding hydrogens is 471 g/mol. The molecule has 1 aliphatic heterocycles. The predicted octanol–water partition coefficient (Wildman–Crippen LogP) is 4.09. The van der Waals surface area contributed by atoms with E-state index < -0.39 is 54.5 Å². The Balaban J connectivity index is 1.79. The van der Waals surface area contributed by atoms with E-state index in [1.165, 1.54) is 36.2 Å². The lowest BCUT2D eigenvalue weighted by atomic mass is 9.87. The van der Waals surface area contributed by atoms with Crippen molar-refractivity contribution in [2.75, 3.05) is 11.9 Å². The second-order valence-corrected chi connectivity index (χ2v) is 9.05. The van der Waals surface area contributed by atoms with E-state index in [0.717, 1.165) is 11.0 Å². The molecule has 180 valence electrons. The summed E-state index contributed by atoms with van der Waals surface area (Å²) in [6.45, 7) is 0. The molecule has 6 nitrogen and oxygen atoms in total. The number of hydrogen-bond acceptors (Lipinski definition) is 3. The Morgan fingerprint density at radius 3 is 2.47 bits per heavy atom. The van der Waals surface area contributed by atoms with Gasteiger partial charge in [0, 0.05) is 48.6 Å². The normalized spacial score (nSPS) is 20.6. The molecule has 4 rings (SSSR count). The van der Waals surface area contributed by atoms with Crippen molar-refractivity contribution >= 4 is 35.0 Å². The highest BCUT2D eigenvalue weighted by Crippen LogP contribution is 2.39. The van der Waals surface area contributed by atoms with Crippen LogP contribution in [0.2, 0.25) is 5.02 Å². The van der Waals surface area contributed by atoms with E-state index in [1.807, 2.05) is 0 Å². The van der Waals surface area contributed by atoms with Crippen molar-refractivity contribution in [1.82, 2.24) is 10.2 Å². The van der Waals surface area contributed by atoms with Gasteiger partial charge in [-0.2, -0.15) is 0 Å². The van der Waals surface area contributed by atoms with Gasteiger partial charge in [0.15, 0.2) is 0 Å². The van der Waals surface area contributed by atoms with Crippen molar-refractivity contribution in [3.63, 3.8) is 0 Å². The number of amides is 3. The summed E-state index contributed by atoms with van der Waals surface area (Å²) in [5.74, 6) is -5.05. The summed E-state index contributed by atoms with van der Waals surface area (Å²) in [4.78, 5) is 41.8. The van der Waals surface area contributed by atoms with Crippen LogP contribution < -0.4 is 10.2 Å². The molecule has 2 aromatic carbocycles. The number of likely N-dealkylation sites (tertiary alicyclic amines) is 1. The Morgan fingerprint density at radius 2 is 1.88 bits per heavy atom. The quantitative estimate of drug-likeness (QED) is 0.659. The third-order valence-electron chi connectivity index (χ3n) is 6.24. The van der Waals surface area contributed by atoms with Crippen molar-refractivity contribution < 1.29 is 27.6 Å². The van der Waals surface area contributed by atoms with Crippen LogP contribution in [0.25, 0.3) is 0 Å². The van der Waals surface area contributed by atoms with Gasteiger partial charge in [-0.15, -0.1) is 0 Å². The molecule has 1 saturated heterocycles. The fraction of sp³-hybridized carbons (Fsp3) is 0.375. The van der Waals surface area contributed by atoms with Gasteiger partial charge in [-0.25, -0.2) is 13.2 Å². The molecule has 1 N–H and O–H groups in total. The molecule has 2 aromatic rings. The number of halogens is 4. The highest BCUT2D eigenvalue weighted by atomic mass is 35.5. The lowest BCUT2D eigenvalue weighted by Gasteiger charge is -2.39. The summed E-state index contributed by atoms with van der Waals surface area (Å²) in [6, 6.07) is 8.48. The minimum absolute atomic E-state index is 0.0803. The molecule has 0 aromatic heterocycles. The summed E-state index contributed by atoms with van der Waals surface area (Å²) in [7, 11) is 1.49. The number of carbonyl (C=O) groups is 3. The highest BCUT2D eigenvalue weighted by molar-refractivity contribution is 6.31. The van der Waals surface area contributed by atoms with Crippen LogP contribution in [-0.4, -0.2) is 47.7 Å². The topological polar surface area (TPSA) is 69.7 Å². The number of rotatable bonds is 6. The summed E-state index contributed by atoms with van der Waals surface area (Å²) < 4.78 is 41.0. The Hall–Kier alpha value is -3.07. The van der Waals surface area contributed by atoms with Crippen LogP contribution in [0.1, 0.15) is 37.3 Å². The molecule has 0 bridgehead atoms. The molecule has 1 heterocycles. The molecule has 2 fully saturated rings. The van der Waals surface area contributed by atoms with E-state index in [2.05, 4.69) is 5.32 Å². The molecule has 0 spiro atoms. The van der Waals surface area contributed by atoms with Gasteiger partial charge in [-0.3, -0.25) is 19.3 Å². The third-order valence-corrected chi connectivity index (χ3v) is 6.59. The summed E-state index contributed by atoms with van der Waals surface area (Å²) in [6.07, 6.45) is -0.640. The SMILES string of the molecule is CN1C(=O)CC[C@H]1C(=O)N(c1cccc(F)c1)[C@H](C(=O)NC1CC(F)(F)C1)c1ccccc1Cl. The standard InChI is InChI=1S/C24H23ClF3N3O3/c1-30-19(9-10-20(30)32)23(34)31(16-6-4-5-14(26)11-16)21(17-7-2-3-8-18(17)25)22(33)29-15-12-24(27,28)13-15/h2-8,11,15,19,21H,9-10,12-13H2,1H3,(H,29,33)/t19-,21-/m0/s1. The molecule has 10 heteroatoms. The third kappa shape index (κ3) is 4.75. The first kappa shape index (κ1) is 24.1. The van der Waals surface area contributed by atoms with E-state index >= 15 is 0 Å². The highest BCUT2D eigenvalue weighted by Gasteiger charge is 2.48. The monoisotopic (exact) mass is 493 g/mol. The average Bonchev–Trinajstić information content (AvgIpc) is 3.09. The first-order valence-electron chi connectivity index (χ1n) is 10.8. The van der Waals surface area contributed by atoms with Crippen LogP contribution >= 0.6 is 11.6 Å². The fourth-order valence-corrected chi connectivity index (χ4v) is 4.66. The van der Waals surface area contributed by atoms with Crippen LogP contribution in [0, 0.1) is 5.82 Å². The summed E-state index contributed by atoms with van der Waals surface area (Å²) in [5, 5.41) is 2.76. The van der Waals surface area contributed by atoms with Crippen LogP contribution in [0.3, 0.4) is 0 Å². The van der Waals surface area contributed by atoms with Crippen molar-refractivity contribution in [3.05, 3.63) is 64.9 Å². The van der Waals surface area contributed by atoms with E-state index in [9.17, 15) is 27.6 Å². The molecule has 2 aliphatic rings. The zero-order chi connectivity index (χ0) is 24.6. The lowest BCUT2D eigenvalue weighted by molar-refractivity contribution is -0.135. The van der Waals surface area contributed by atoms with Gasteiger partial charge >= 0.3 is 0 Å². The Bertz CT molecular complexity index is 1120. The molecule has 2 atom stereocenters. The van der Waals surface area contributed by atoms with Crippen LogP contribution in [0.4, 0.5) is 18.9 Å². The fourth-order valence-electron chi connectivity index (χ4n) is 4.42. The van der Waals surface area contributed by atoms with Gasteiger partial charge in [0.05, 0.1) is 0 Å². The molecular formula is C24H23ClF3N3O3. The van der Waals surface area contributed by atoms with Crippen molar-refractivity contribution in [3.8, 4) is 0 Å². The van der Waals surface area contributed by atoms with Crippen molar-refractivity contribution in [2.24, 2.45) is 0 Å². The second-order valence-electron chi connectivity index (χ2n) is 8.64. The number of nitrogens with zero attached hydrogens (tertiary/aromatic N) is 2. The number of carbonyl (C=O) groups excluding carboxylic acids is 3. The average molecular weight is 494 g/mol. The van der Waals surface area contributed by atoms with Gasteiger partial charge in [0.2, 0.25) is 11.8 Å². The summed E-state index contributed by atoms with van der Waals surface area (Å²) in [5.41, 5.74) is 0.328. The molecule has 1 saturated carbocycles. The zero-order valence-electron chi connectivity index (χ0n) is 18.3. The first-order valence-corrected chi connectivity index (χ1v) is 11.2. The van der Waals surface area contributed by atoms with Gasteiger partial charge in [-0.1, -0.05) is 35.9 Å². The summed E-state index contributed by atoms with van der Waals surface area (Å²) >= 11 is 6.40. The number of nitrogens with one attached hydrogen (secondary N) is 1. The van der Waals surface area contributed by atoms with Crippen molar-refractivity contribution in [2.45, 2.75) is 49.7 Å². The van der Waals surface area contributed by atoms with Gasteiger partial charge in [-0.05, 0) is 30.7 Å². The minimum Gasteiger partial charge on any atom is -0.351 e. The number of alkyl halides is 2. The van der Waals surface area contributed by atoms with E-state index in [-0.39, 0.29) is 35.0 Å². The largest absolute Gasteiger partial charge is 0.351 e. The lowest BCUT2D eigenvalue weighted by Crippen LogP contribution is -2.55. The maximum atomic E-state index is 14.2. The maximum Gasteiger partial charge on any atom is 0.252 e. The number of hydrogen-bond donors (Lipinski definition) is 1. The maximum absolute atomic E-state index is 14.2. The van der Waals surface area contributed by atoms with Gasteiger partial charge in [0.1, 0.15) is 17.9 Å². The van der Waals surface area contributed by atoms with Crippen molar-refractivity contribution in [1.29, 1.82) is 0 Å². The number of likely N-dealkylation sites (N-methyl/N-ethyl adjacent to an activating group) is 1. The van der Waals surface area contributed by atoms with E-state index in [1.54, 1.807) is 18.2 Å². The van der Waals surface area contributed by atoms with Crippen LogP contribution in [0.15, 0.2) is 48.5 Å². The molecule has 1 aliphatic carbocycles. The van der Waals surface area contributed by atoms with Gasteiger partial charge < -0.3 is 10.2 Å². The molecule has 3 amide bonds. The van der Waals surface area contributed by atoms with Crippen LogP contribution in [-0.2, 0) is 14.4 Å². The Labute approximate surface area is 199 Å². The minimum atomic E-state index is -2.86.